The summed E-state index contributed by atoms with van der Waals surface area (Å²) in [7, 11) is 0. The molecule has 4 heterocycles. The van der Waals surface area contributed by atoms with Crippen molar-refractivity contribution >= 4 is 27.5 Å². The summed E-state index contributed by atoms with van der Waals surface area (Å²) >= 11 is 1.51. The Morgan fingerprint density at radius 3 is 3.00 bits per heavy atom. The lowest BCUT2D eigenvalue weighted by Crippen LogP contribution is -2.30. The quantitative estimate of drug-likeness (QED) is 0.748. The van der Waals surface area contributed by atoms with E-state index in [2.05, 4.69) is 20.3 Å². The Hall–Kier alpha value is -2.58. The zero-order valence-electron chi connectivity index (χ0n) is 12.5. The van der Waals surface area contributed by atoms with Crippen molar-refractivity contribution in [3.63, 3.8) is 0 Å². The minimum Gasteiger partial charge on any atom is -0.480 e. The van der Waals surface area contributed by atoms with Crippen LogP contribution in [0.25, 0.3) is 21.7 Å². The number of nitrogens with zero attached hydrogens (tertiary/aromatic N) is 3. The molecule has 1 aliphatic rings. The summed E-state index contributed by atoms with van der Waals surface area (Å²) < 4.78 is 5.99. The van der Waals surface area contributed by atoms with Crippen molar-refractivity contribution < 1.29 is 14.6 Å². The van der Waals surface area contributed by atoms with Crippen LogP contribution in [0.4, 0.5) is 0 Å². The third-order valence-electron chi connectivity index (χ3n) is 3.85. The molecule has 0 radical (unpaired) electrons. The molecule has 0 spiro atoms. The lowest BCUT2D eigenvalue weighted by molar-refractivity contribution is -0.139. The Balaban J connectivity index is 1.67. The molecular weight excluding hydrogens is 328 g/mol. The molecule has 4 rings (SSSR count). The molecule has 1 aliphatic heterocycles. The smallest absolute Gasteiger partial charge is 0.320 e. The van der Waals surface area contributed by atoms with Gasteiger partial charge in [-0.05, 0) is 23.6 Å². The minimum atomic E-state index is -0.862. The third kappa shape index (κ3) is 2.81. The van der Waals surface area contributed by atoms with Gasteiger partial charge in [-0.25, -0.2) is 4.98 Å². The maximum atomic E-state index is 11.1. The minimum absolute atomic E-state index is 0.235. The predicted molar refractivity (Wildman–Crippen MR) is 89.1 cm³/mol. The van der Waals surface area contributed by atoms with E-state index >= 15 is 0 Å². The number of hydrogen-bond donors (Lipinski definition) is 2. The standard InChI is InChI=1S/C16H14N4O3S/c21-16(22)12-7-9(8-18-12)23-14-10-4-6-24-15(10)20-13(19-14)11-3-1-2-5-17-11/h1-6,9,12,18H,7-8H2,(H,21,22). The van der Waals surface area contributed by atoms with Gasteiger partial charge < -0.3 is 15.2 Å². The van der Waals surface area contributed by atoms with Gasteiger partial charge in [-0.2, -0.15) is 4.98 Å². The van der Waals surface area contributed by atoms with Crippen LogP contribution in [-0.2, 0) is 4.79 Å². The molecule has 2 unspecified atom stereocenters. The molecule has 0 saturated carbocycles. The molecule has 2 atom stereocenters. The molecule has 8 heteroatoms. The molecule has 0 aliphatic carbocycles. The van der Waals surface area contributed by atoms with Gasteiger partial charge in [-0.15, -0.1) is 11.3 Å². The first-order valence-electron chi connectivity index (χ1n) is 7.50. The van der Waals surface area contributed by atoms with Crippen LogP contribution >= 0.6 is 11.3 Å². The largest absolute Gasteiger partial charge is 0.480 e. The molecule has 0 bridgehead atoms. The molecule has 7 nitrogen and oxygen atoms in total. The van der Waals surface area contributed by atoms with Gasteiger partial charge in [0.1, 0.15) is 22.7 Å². The van der Waals surface area contributed by atoms with Gasteiger partial charge in [-0.1, -0.05) is 6.07 Å². The van der Waals surface area contributed by atoms with Crippen molar-refractivity contribution in [3.05, 3.63) is 35.8 Å². The van der Waals surface area contributed by atoms with E-state index in [1.165, 1.54) is 11.3 Å². The number of hydrogen-bond acceptors (Lipinski definition) is 7. The van der Waals surface area contributed by atoms with Crippen LogP contribution in [0.15, 0.2) is 35.8 Å². The molecule has 3 aromatic heterocycles. The average Bonchev–Trinajstić information content (AvgIpc) is 3.24. The highest BCUT2D eigenvalue weighted by atomic mass is 32.1. The van der Waals surface area contributed by atoms with Crippen LogP contribution in [0.3, 0.4) is 0 Å². The summed E-state index contributed by atoms with van der Waals surface area (Å²) in [6.07, 6.45) is 1.86. The summed E-state index contributed by atoms with van der Waals surface area (Å²) in [5.74, 6) is 0.111. The van der Waals surface area contributed by atoms with E-state index in [-0.39, 0.29) is 6.10 Å². The first-order chi connectivity index (χ1) is 11.7. The molecular formula is C16H14N4O3S. The molecule has 24 heavy (non-hydrogen) atoms. The fourth-order valence-electron chi connectivity index (χ4n) is 2.67. The number of pyridine rings is 1. The highest BCUT2D eigenvalue weighted by Gasteiger charge is 2.31. The number of thiophene rings is 1. The summed E-state index contributed by atoms with van der Waals surface area (Å²) in [6.45, 7) is 0.478. The second-order valence-electron chi connectivity index (χ2n) is 5.48. The first kappa shape index (κ1) is 15.0. The Labute approximate surface area is 141 Å². The summed E-state index contributed by atoms with van der Waals surface area (Å²) in [5, 5.41) is 14.8. The Kier molecular flexibility index (Phi) is 3.83. The van der Waals surface area contributed by atoms with E-state index in [0.29, 0.717) is 30.4 Å². The van der Waals surface area contributed by atoms with Crippen LogP contribution < -0.4 is 10.1 Å². The molecule has 0 amide bonds. The zero-order chi connectivity index (χ0) is 16.5. The van der Waals surface area contributed by atoms with Crippen LogP contribution in [0.1, 0.15) is 6.42 Å². The maximum Gasteiger partial charge on any atom is 0.320 e. The normalized spacial score (nSPS) is 20.3. The second-order valence-corrected chi connectivity index (χ2v) is 6.38. The van der Waals surface area contributed by atoms with E-state index in [4.69, 9.17) is 9.84 Å². The van der Waals surface area contributed by atoms with E-state index in [9.17, 15) is 4.79 Å². The Morgan fingerprint density at radius 2 is 2.25 bits per heavy atom. The van der Waals surface area contributed by atoms with Crippen LogP contribution in [0, 0.1) is 0 Å². The number of carbonyl (C=O) groups is 1. The van der Waals surface area contributed by atoms with E-state index in [1.54, 1.807) is 6.20 Å². The zero-order valence-corrected chi connectivity index (χ0v) is 13.4. The van der Waals surface area contributed by atoms with E-state index in [1.807, 2.05) is 29.6 Å². The Morgan fingerprint density at radius 1 is 1.33 bits per heavy atom. The van der Waals surface area contributed by atoms with Crippen LogP contribution in [-0.4, -0.2) is 44.7 Å². The maximum absolute atomic E-state index is 11.1. The lowest BCUT2D eigenvalue weighted by atomic mass is 10.2. The molecule has 122 valence electrons. The van der Waals surface area contributed by atoms with Gasteiger partial charge in [0.15, 0.2) is 5.82 Å². The number of rotatable bonds is 4. The van der Waals surface area contributed by atoms with Crippen molar-refractivity contribution in [2.45, 2.75) is 18.6 Å². The molecule has 0 aromatic carbocycles. The van der Waals surface area contributed by atoms with Crippen LogP contribution in [0.2, 0.25) is 0 Å². The topological polar surface area (TPSA) is 97.2 Å². The van der Waals surface area contributed by atoms with Crippen molar-refractivity contribution in [1.82, 2.24) is 20.3 Å². The fourth-order valence-corrected chi connectivity index (χ4v) is 3.42. The van der Waals surface area contributed by atoms with Gasteiger partial charge in [0.2, 0.25) is 5.88 Å². The van der Waals surface area contributed by atoms with Crippen LogP contribution in [0.5, 0.6) is 5.88 Å². The number of aliphatic carboxylic acids is 1. The van der Waals surface area contributed by atoms with Gasteiger partial charge in [0.25, 0.3) is 0 Å². The van der Waals surface area contributed by atoms with E-state index < -0.39 is 12.0 Å². The second kappa shape index (κ2) is 6.14. The van der Waals surface area contributed by atoms with Crippen molar-refractivity contribution in [2.75, 3.05) is 6.54 Å². The molecule has 3 aromatic rings. The van der Waals surface area contributed by atoms with Gasteiger partial charge >= 0.3 is 5.97 Å². The number of nitrogens with one attached hydrogen (secondary N) is 1. The molecule has 1 fully saturated rings. The molecule has 2 N–H and O–H groups in total. The van der Waals surface area contributed by atoms with Gasteiger partial charge in [0.05, 0.1) is 5.39 Å². The third-order valence-corrected chi connectivity index (χ3v) is 4.66. The number of carboxylic acid groups (broad SMARTS) is 1. The summed E-state index contributed by atoms with van der Waals surface area (Å²) in [6, 6.07) is 6.89. The summed E-state index contributed by atoms with van der Waals surface area (Å²) in [5.41, 5.74) is 0.672. The monoisotopic (exact) mass is 342 g/mol. The Bertz CT molecular complexity index is 883. The SMILES string of the molecule is O=C(O)C1CC(Oc2nc(-c3ccccn3)nc3sccc23)CN1. The van der Waals surface area contributed by atoms with Gasteiger partial charge in [0, 0.05) is 19.2 Å². The molecule has 1 saturated heterocycles. The van der Waals surface area contributed by atoms with Crippen molar-refractivity contribution in [2.24, 2.45) is 0 Å². The predicted octanol–water partition coefficient (Wildman–Crippen LogP) is 1.95. The number of ether oxygens (including phenoxy) is 1. The fraction of sp³-hybridized carbons (Fsp3) is 0.250. The van der Waals surface area contributed by atoms with Gasteiger partial charge in [-0.3, -0.25) is 9.78 Å². The highest BCUT2D eigenvalue weighted by Crippen LogP contribution is 2.30. The van der Waals surface area contributed by atoms with Crippen molar-refractivity contribution in [3.8, 4) is 17.4 Å². The van der Waals surface area contributed by atoms with Crippen molar-refractivity contribution in [1.29, 1.82) is 0 Å². The highest BCUT2D eigenvalue weighted by molar-refractivity contribution is 7.16. The number of carboxylic acids is 1. The lowest BCUT2D eigenvalue weighted by Gasteiger charge is -2.13. The first-order valence-corrected chi connectivity index (χ1v) is 8.38. The average molecular weight is 342 g/mol. The number of aromatic nitrogens is 3. The van der Waals surface area contributed by atoms with E-state index in [0.717, 1.165) is 10.2 Å². The number of fused-ring (bicyclic) bond motifs is 1. The summed E-state index contributed by atoms with van der Waals surface area (Å²) in [4.78, 5) is 25.2.